The van der Waals surface area contributed by atoms with Crippen molar-refractivity contribution >= 4 is 64.1 Å². The number of nitrogens with zero attached hydrogens (tertiary/aromatic N) is 1. The van der Waals surface area contributed by atoms with E-state index in [1.54, 1.807) is 48.5 Å². The van der Waals surface area contributed by atoms with Crippen LogP contribution in [0.25, 0.3) is 0 Å². The van der Waals surface area contributed by atoms with Gasteiger partial charge in [0.2, 0.25) is 0 Å². The molecule has 0 saturated carbocycles. The molecule has 0 unspecified atom stereocenters. The van der Waals surface area contributed by atoms with Crippen LogP contribution in [0, 0.1) is 0 Å². The summed E-state index contributed by atoms with van der Waals surface area (Å²) in [5.41, 5.74) is 2.43. The predicted octanol–water partition coefficient (Wildman–Crippen LogP) is 5.00. The minimum Gasteiger partial charge on any atom is -0.467 e. The van der Waals surface area contributed by atoms with E-state index in [2.05, 4.69) is 16.0 Å². The number of anilines is 3. The zero-order chi connectivity index (χ0) is 29.4. The quantitative estimate of drug-likeness (QED) is 0.301. The van der Waals surface area contributed by atoms with Gasteiger partial charge in [-0.15, -0.1) is 0 Å². The molecule has 1 atom stereocenters. The number of hydrogen-bond acceptors (Lipinski definition) is 7. The first-order valence-electron chi connectivity index (χ1n) is 11.9. The maximum absolute atomic E-state index is 12.8. The molecule has 0 aliphatic heterocycles. The summed E-state index contributed by atoms with van der Waals surface area (Å²) in [6.07, 6.45) is 0.105. The highest BCUT2D eigenvalue weighted by Crippen LogP contribution is 2.25. The molecule has 0 saturated heterocycles. The number of urea groups is 1. The molecule has 10 nitrogen and oxygen atoms in total. The zero-order valence-electron chi connectivity index (χ0n) is 22.2. The summed E-state index contributed by atoms with van der Waals surface area (Å²) in [6.45, 7) is 0. The van der Waals surface area contributed by atoms with Crippen molar-refractivity contribution in [3.05, 3.63) is 87.4 Å². The van der Waals surface area contributed by atoms with E-state index < -0.39 is 29.9 Å². The van der Waals surface area contributed by atoms with Crippen LogP contribution in [-0.2, 0) is 20.7 Å². The molecular formula is C28H28Cl2N4O6. The molecule has 40 heavy (non-hydrogen) atoms. The van der Waals surface area contributed by atoms with E-state index in [-0.39, 0.29) is 33.3 Å². The molecule has 3 rings (SSSR count). The summed E-state index contributed by atoms with van der Waals surface area (Å²) in [5, 5.41) is 8.26. The van der Waals surface area contributed by atoms with Gasteiger partial charge in [0.1, 0.15) is 6.04 Å². The van der Waals surface area contributed by atoms with Crippen molar-refractivity contribution in [3.63, 3.8) is 0 Å². The van der Waals surface area contributed by atoms with Gasteiger partial charge >= 0.3 is 18.0 Å². The van der Waals surface area contributed by atoms with Crippen LogP contribution in [0.1, 0.15) is 26.3 Å². The third-order valence-corrected chi connectivity index (χ3v) is 6.44. The van der Waals surface area contributed by atoms with Crippen molar-refractivity contribution in [1.29, 1.82) is 0 Å². The molecule has 0 aliphatic rings. The van der Waals surface area contributed by atoms with Crippen LogP contribution in [0.3, 0.4) is 0 Å². The first kappa shape index (κ1) is 30.3. The van der Waals surface area contributed by atoms with E-state index in [0.717, 1.165) is 5.69 Å². The predicted molar refractivity (Wildman–Crippen MR) is 155 cm³/mol. The van der Waals surface area contributed by atoms with Crippen LogP contribution in [0.5, 0.6) is 0 Å². The largest absolute Gasteiger partial charge is 0.467 e. The highest BCUT2D eigenvalue weighted by atomic mass is 35.5. The molecule has 3 aromatic carbocycles. The second-order valence-corrected chi connectivity index (χ2v) is 9.56. The normalized spacial score (nSPS) is 11.2. The second-order valence-electron chi connectivity index (χ2n) is 8.74. The smallest absolute Gasteiger partial charge is 0.340 e. The van der Waals surface area contributed by atoms with Crippen molar-refractivity contribution < 1.29 is 28.7 Å². The summed E-state index contributed by atoms with van der Waals surface area (Å²) < 4.78 is 9.69. The summed E-state index contributed by atoms with van der Waals surface area (Å²) in [6, 6.07) is 14.7. The number of hydrogen-bond donors (Lipinski definition) is 3. The fourth-order valence-corrected chi connectivity index (χ4v) is 4.29. The summed E-state index contributed by atoms with van der Waals surface area (Å²) in [4.78, 5) is 51.9. The lowest BCUT2D eigenvalue weighted by Gasteiger charge is -2.18. The summed E-state index contributed by atoms with van der Waals surface area (Å²) in [7, 11) is 6.14. The summed E-state index contributed by atoms with van der Waals surface area (Å²) >= 11 is 12.2. The number of nitrogens with one attached hydrogen (secondary N) is 3. The Hall–Kier alpha value is -4.28. The van der Waals surface area contributed by atoms with Gasteiger partial charge in [0.25, 0.3) is 5.91 Å². The van der Waals surface area contributed by atoms with Gasteiger partial charge in [-0.1, -0.05) is 41.4 Å². The number of benzene rings is 3. The van der Waals surface area contributed by atoms with E-state index in [1.165, 1.54) is 26.4 Å². The molecule has 0 aliphatic carbocycles. The van der Waals surface area contributed by atoms with E-state index in [1.807, 2.05) is 19.0 Å². The number of ether oxygens (including phenoxy) is 2. The van der Waals surface area contributed by atoms with Crippen LogP contribution in [-0.4, -0.2) is 58.2 Å². The Morgan fingerprint density at radius 2 is 1.52 bits per heavy atom. The molecule has 210 valence electrons. The van der Waals surface area contributed by atoms with E-state index in [9.17, 15) is 19.2 Å². The molecule has 0 radical (unpaired) electrons. The fourth-order valence-electron chi connectivity index (χ4n) is 3.72. The third kappa shape index (κ3) is 7.64. The Balaban J connectivity index is 1.69. The van der Waals surface area contributed by atoms with Crippen molar-refractivity contribution in [1.82, 2.24) is 5.32 Å². The molecule has 0 spiro atoms. The highest BCUT2D eigenvalue weighted by Gasteiger charge is 2.25. The lowest BCUT2D eigenvalue weighted by molar-refractivity contribution is -0.142. The molecule has 0 aromatic heterocycles. The minimum absolute atomic E-state index is 0.0528. The van der Waals surface area contributed by atoms with Gasteiger partial charge in [-0.2, -0.15) is 0 Å². The van der Waals surface area contributed by atoms with Gasteiger partial charge in [0, 0.05) is 31.9 Å². The number of methoxy groups -OCH3 is 2. The highest BCUT2D eigenvalue weighted by molar-refractivity contribution is 6.39. The number of halogens is 2. The average molecular weight is 587 g/mol. The van der Waals surface area contributed by atoms with Gasteiger partial charge < -0.3 is 30.3 Å². The van der Waals surface area contributed by atoms with Gasteiger partial charge in [0.05, 0.1) is 41.1 Å². The van der Waals surface area contributed by atoms with E-state index in [4.69, 9.17) is 32.7 Å². The van der Waals surface area contributed by atoms with Crippen LogP contribution < -0.4 is 20.9 Å². The lowest BCUT2D eigenvalue weighted by atomic mass is 10.0. The molecule has 0 fully saturated rings. The van der Waals surface area contributed by atoms with Crippen molar-refractivity contribution in [3.8, 4) is 0 Å². The van der Waals surface area contributed by atoms with Crippen LogP contribution in [0.2, 0.25) is 10.0 Å². The first-order valence-corrected chi connectivity index (χ1v) is 12.7. The number of esters is 2. The van der Waals surface area contributed by atoms with Crippen LogP contribution in [0.4, 0.5) is 21.9 Å². The molecule has 12 heteroatoms. The topological polar surface area (TPSA) is 126 Å². The molecule has 3 aromatic rings. The van der Waals surface area contributed by atoms with Gasteiger partial charge in [-0.3, -0.25) is 4.79 Å². The maximum Gasteiger partial charge on any atom is 0.340 e. The third-order valence-electron chi connectivity index (χ3n) is 5.81. The lowest BCUT2D eigenvalue weighted by Crippen LogP contribution is -2.43. The van der Waals surface area contributed by atoms with Crippen molar-refractivity contribution in [2.24, 2.45) is 0 Å². The molecule has 0 heterocycles. The Morgan fingerprint density at radius 1 is 0.875 bits per heavy atom. The maximum atomic E-state index is 12.8. The van der Waals surface area contributed by atoms with E-state index in [0.29, 0.717) is 11.3 Å². The number of rotatable bonds is 9. The Kier molecular flexibility index (Phi) is 10.4. The van der Waals surface area contributed by atoms with Crippen molar-refractivity contribution in [2.45, 2.75) is 12.5 Å². The monoisotopic (exact) mass is 586 g/mol. The van der Waals surface area contributed by atoms with Gasteiger partial charge in [0.15, 0.2) is 0 Å². The average Bonchev–Trinajstić information content (AvgIpc) is 2.92. The van der Waals surface area contributed by atoms with Crippen LogP contribution in [0.15, 0.2) is 60.7 Å². The molecular weight excluding hydrogens is 559 g/mol. The Bertz CT molecular complexity index is 1390. The van der Waals surface area contributed by atoms with Crippen LogP contribution >= 0.6 is 23.2 Å². The minimum atomic E-state index is -1.02. The standard InChI is InChI=1S/C28H28Cl2N4O6/c1-34(2)18-12-13-22(19(15-18)26(36)39-3)33-28(38)31-17-10-8-16(9-11-17)14-23(27(37)40-4)32-25(35)24-20(29)6-5-7-21(24)30/h5-13,15,23H,14H2,1-4H3,(H,32,35)(H2,31,33,38)/t23-/m0/s1. The van der Waals surface area contributed by atoms with Gasteiger partial charge in [-0.05, 0) is 48.0 Å². The van der Waals surface area contributed by atoms with Crippen molar-refractivity contribution in [2.75, 3.05) is 43.8 Å². The zero-order valence-corrected chi connectivity index (χ0v) is 23.7. The number of amides is 3. The SMILES string of the molecule is COC(=O)c1cc(N(C)C)ccc1NC(=O)Nc1ccc(C[C@H](NC(=O)c2c(Cl)cccc2Cl)C(=O)OC)cc1. The van der Waals surface area contributed by atoms with Gasteiger partial charge in [-0.25, -0.2) is 14.4 Å². The molecule has 0 bridgehead atoms. The molecule has 3 N–H and O–H groups in total. The first-order chi connectivity index (χ1) is 19.0. The van der Waals surface area contributed by atoms with E-state index >= 15 is 0 Å². The number of carbonyl (C=O) groups is 4. The number of carbonyl (C=O) groups excluding carboxylic acids is 4. The fraction of sp³-hybridized carbons (Fsp3) is 0.214. The molecule has 3 amide bonds. The summed E-state index contributed by atoms with van der Waals surface area (Å²) in [5.74, 6) is -1.86. The Morgan fingerprint density at radius 3 is 2.10 bits per heavy atom. The second kappa shape index (κ2) is 13.7. The Labute approximate surface area is 241 Å².